The molecule has 1 aromatic rings. The molecule has 0 saturated carbocycles. The summed E-state index contributed by atoms with van der Waals surface area (Å²) in [6.45, 7) is 9.50. The van der Waals surface area contributed by atoms with E-state index in [2.05, 4.69) is 54.7 Å². The van der Waals surface area contributed by atoms with Gasteiger partial charge in [0.2, 0.25) is 0 Å². The van der Waals surface area contributed by atoms with E-state index in [-0.39, 0.29) is 5.54 Å². The Morgan fingerprint density at radius 2 is 2.15 bits per heavy atom. The van der Waals surface area contributed by atoms with Gasteiger partial charge in [0.1, 0.15) is 0 Å². The molecule has 0 radical (unpaired) electrons. The Hall–Kier alpha value is -2.31. The van der Waals surface area contributed by atoms with Crippen LogP contribution >= 0.6 is 0 Å². The molecule has 26 heavy (non-hydrogen) atoms. The van der Waals surface area contributed by atoms with Crippen molar-refractivity contribution in [2.45, 2.75) is 32.7 Å². The average Bonchev–Trinajstić information content (AvgIpc) is 3.15. The van der Waals surface area contributed by atoms with Gasteiger partial charge in [0.15, 0.2) is 0 Å². The first-order valence-electron chi connectivity index (χ1n) is 9.15. The summed E-state index contributed by atoms with van der Waals surface area (Å²) in [7, 11) is 0. The lowest BCUT2D eigenvalue weighted by Crippen LogP contribution is -2.47. The molecule has 0 amide bonds. The van der Waals surface area contributed by atoms with E-state index in [0.29, 0.717) is 6.54 Å². The Balaban J connectivity index is 1.84. The third kappa shape index (κ3) is 5.89. The number of nitrogens with two attached hydrogens (primary N) is 2. The molecular weight excluding hydrogens is 324 g/mol. The summed E-state index contributed by atoms with van der Waals surface area (Å²) in [5, 5.41) is 13.0. The van der Waals surface area contributed by atoms with E-state index in [1.807, 2.05) is 29.6 Å². The molecule has 1 aliphatic rings. The molecule has 1 aliphatic heterocycles. The molecule has 0 saturated heterocycles. The Morgan fingerprint density at radius 1 is 1.35 bits per heavy atom. The van der Waals surface area contributed by atoms with Crippen LogP contribution in [0.2, 0.25) is 0 Å². The molecular formula is C20H32N6. The molecule has 1 aromatic carbocycles. The molecule has 0 bridgehead atoms. The fourth-order valence-electron chi connectivity index (χ4n) is 2.66. The second-order valence-corrected chi connectivity index (χ2v) is 7.16. The Bertz CT molecular complexity index is 675. The van der Waals surface area contributed by atoms with Crippen LogP contribution in [0.5, 0.6) is 0 Å². The van der Waals surface area contributed by atoms with Crippen LogP contribution in [0.3, 0.4) is 0 Å². The van der Waals surface area contributed by atoms with Crippen molar-refractivity contribution in [3.8, 4) is 0 Å². The number of hydrogen-bond acceptors (Lipinski definition) is 6. The topological polar surface area (TPSA) is 91.7 Å². The fourth-order valence-corrected chi connectivity index (χ4v) is 2.66. The SMILES string of the molecule is Cc1cc(N2CCC=N2)ccc1/C(N)=C/C=C/NCCNC(C)(C)CN. The third-order valence-corrected chi connectivity index (χ3v) is 4.38. The van der Waals surface area contributed by atoms with Crippen LogP contribution in [0.25, 0.3) is 5.70 Å². The maximum Gasteiger partial charge on any atom is 0.0596 e. The number of nitrogens with zero attached hydrogens (tertiary/aromatic N) is 2. The van der Waals surface area contributed by atoms with Gasteiger partial charge >= 0.3 is 0 Å². The molecule has 0 spiro atoms. The summed E-state index contributed by atoms with van der Waals surface area (Å²) < 4.78 is 0. The van der Waals surface area contributed by atoms with Crippen LogP contribution in [0.1, 0.15) is 31.4 Å². The van der Waals surface area contributed by atoms with Gasteiger partial charge in [0, 0.05) is 55.6 Å². The Labute approximate surface area is 157 Å². The van der Waals surface area contributed by atoms with Crippen molar-refractivity contribution in [3.63, 3.8) is 0 Å². The van der Waals surface area contributed by atoms with Gasteiger partial charge in [0.25, 0.3) is 0 Å². The molecule has 6 N–H and O–H groups in total. The second-order valence-electron chi connectivity index (χ2n) is 7.16. The van der Waals surface area contributed by atoms with Crippen LogP contribution in [-0.4, -0.2) is 37.9 Å². The van der Waals surface area contributed by atoms with Gasteiger partial charge in [-0.1, -0.05) is 6.07 Å². The highest BCUT2D eigenvalue weighted by molar-refractivity contribution is 5.71. The molecule has 6 heteroatoms. The molecule has 0 aliphatic carbocycles. The van der Waals surface area contributed by atoms with Gasteiger partial charge in [-0.05, 0) is 56.8 Å². The van der Waals surface area contributed by atoms with E-state index in [1.54, 1.807) is 0 Å². The summed E-state index contributed by atoms with van der Waals surface area (Å²) in [6.07, 6.45) is 8.70. The van der Waals surface area contributed by atoms with Crippen LogP contribution in [0, 0.1) is 6.92 Å². The number of rotatable bonds is 9. The van der Waals surface area contributed by atoms with Gasteiger partial charge < -0.3 is 22.1 Å². The highest BCUT2D eigenvalue weighted by atomic mass is 15.5. The number of anilines is 1. The number of nitrogens with one attached hydrogen (secondary N) is 2. The van der Waals surface area contributed by atoms with Gasteiger partial charge in [0.05, 0.1) is 5.69 Å². The highest BCUT2D eigenvalue weighted by Gasteiger charge is 2.12. The van der Waals surface area contributed by atoms with Gasteiger partial charge in [-0.2, -0.15) is 5.10 Å². The van der Waals surface area contributed by atoms with E-state index in [0.717, 1.165) is 48.6 Å². The Morgan fingerprint density at radius 3 is 2.81 bits per heavy atom. The number of allylic oxidation sites excluding steroid dienone is 2. The van der Waals surface area contributed by atoms with Crippen molar-refractivity contribution in [1.29, 1.82) is 0 Å². The van der Waals surface area contributed by atoms with Crippen molar-refractivity contribution >= 4 is 17.6 Å². The normalized spacial score (nSPS) is 15.2. The minimum absolute atomic E-state index is 0.0280. The standard InChI is InChI=1S/C20H32N6/c1-16-14-17(26-13-5-10-25-26)7-8-18(16)19(22)6-4-9-23-11-12-24-20(2,3)15-21/h4,6-10,14,23-24H,5,11-13,15,21-22H2,1-3H3/b9-4+,19-6-. The summed E-state index contributed by atoms with van der Waals surface area (Å²) in [5.41, 5.74) is 15.9. The van der Waals surface area contributed by atoms with Gasteiger partial charge in [-0.3, -0.25) is 5.01 Å². The monoisotopic (exact) mass is 356 g/mol. The maximum atomic E-state index is 6.23. The number of aryl methyl sites for hydroxylation is 1. The zero-order valence-electron chi connectivity index (χ0n) is 16.1. The lowest BCUT2D eigenvalue weighted by molar-refractivity contribution is 0.400. The largest absolute Gasteiger partial charge is 0.398 e. The smallest absolute Gasteiger partial charge is 0.0596 e. The lowest BCUT2D eigenvalue weighted by atomic mass is 10.0. The predicted octanol–water partition coefficient (Wildman–Crippen LogP) is 1.92. The average molecular weight is 357 g/mol. The molecule has 0 atom stereocenters. The van der Waals surface area contributed by atoms with Crippen LogP contribution < -0.4 is 27.1 Å². The number of hydrazone groups is 1. The van der Waals surface area contributed by atoms with E-state index in [1.165, 1.54) is 0 Å². The van der Waals surface area contributed by atoms with Crippen molar-refractivity contribution in [2.75, 3.05) is 31.2 Å². The first-order valence-corrected chi connectivity index (χ1v) is 9.15. The molecule has 1 heterocycles. The van der Waals surface area contributed by atoms with Crippen molar-refractivity contribution in [2.24, 2.45) is 16.6 Å². The molecule has 6 nitrogen and oxygen atoms in total. The predicted molar refractivity (Wildman–Crippen MR) is 112 cm³/mol. The van der Waals surface area contributed by atoms with Crippen molar-refractivity contribution in [3.05, 3.63) is 47.7 Å². The second kappa shape index (κ2) is 9.40. The van der Waals surface area contributed by atoms with Crippen molar-refractivity contribution < 1.29 is 0 Å². The minimum Gasteiger partial charge on any atom is -0.398 e. The van der Waals surface area contributed by atoms with Crippen LogP contribution in [0.4, 0.5) is 5.69 Å². The Kier molecular flexibility index (Phi) is 7.24. The zero-order chi connectivity index (χ0) is 19.0. The molecule has 0 fully saturated rings. The molecule has 0 unspecified atom stereocenters. The molecule has 0 aromatic heterocycles. The maximum absolute atomic E-state index is 6.23. The zero-order valence-corrected chi connectivity index (χ0v) is 16.1. The summed E-state index contributed by atoms with van der Waals surface area (Å²) >= 11 is 0. The summed E-state index contributed by atoms with van der Waals surface area (Å²) in [4.78, 5) is 0. The van der Waals surface area contributed by atoms with E-state index < -0.39 is 0 Å². The fraction of sp³-hybridized carbons (Fsp3) is 0.450. The minimum atomic E-state index is -0.0280. The van der Waals surface area contributed by atoms with E-state index in [4.69, 9.17) is 11.5 Å². The third-order valence-electron chi connectivity index (χ3n) is 4.38. The lowest BCUT2D eigenvalue weighted by Gasteiger charge is -2.24. The first-order chi connectivity index (χ1) is 12.4. The van der Waals surface area contributed by atoms with Gasteiger partial charge in [-0.25, -0.2) is 0 Å². The van der Waals surface area contributed by atoms with Crippen LogP contribution in [0.15, 0.2) is 41.7 Å². The van der Waals surface area contributed by atoms with Crippen LogP contribution in [-0.2, 0) is 0 Å². The summed E-state index contributed by atoms with van der Waals surface area (Å²) in [6, 6.07) is 6.26. The van der Waals surface area contributed by atoms with Crippen molar-refractivity contribution in [1.82, 2.24) is 10.6 Å². The number of benzene rings is 1. The quantitative estimate of drug-likeness (QED) is 0.401. The number of hydrogen-bond donors (Lipinski definition) is 4. The van der Waals surface area contributed by atoms with E-state index in [9.17, 15) is 0 Å². The molecule has 2 rings (SSSR count). The summed E-state index contributed by atoms with van der Waals surface area (Å²) in [5.74, 6) is 0. The van der Waals surface area contributed by atoms with Gasteiger partial charge in [-0.15, -0.1) is 0 Å². The highest BCUT2D eigenvalue weighted by Crippen LogP contribution is 2.23. The first kappa shape index (κ1) is 20.0. The van der Waals surface area contributed by atoms with E-state index >= 15 is 0 Å². The molecule has 142 valence electrons.